The van der Waals surface area contributed by atoms with Crippen molar-refractivity contribution < 1.29 is 19.1 Å². The standard InChI is InChI=1S/C22H24N2O4/c1-15(25)17-7-9-18(10-8-17)21(26)23-13-16-4-2-5-19(12-16)22(27)24-14-20-6-3-11-28-20/h2,4-5,7-10,12,20H,3,6,11,13-14H2,1H3,(H,23,26)(H,24,27). The van der Waals surface area contributed by atoms with Gasteiger partial charge in [0.2, 0.25) is 0 Å². The Labute approximate surface area is 164 Å². The van der Waals surface area contributed by atoms with Gasteiger partial charge < -0.3 is 15.4 Å². The Morgan fingerprint density at radius 3 is 2.36 bits per heavy atom. The van der Waals surface area contributed by atoms with E-state index in [4.69, 9.17) is 4.74 Å². The summed E-state index contributed by atoms with van der Waals surface area (Å²) in [5.74, 6) is -0.423. The Morgan fingerprint density at radius 2 is 1.68 bits per heavy atom. The first-order valence-corrected chi connectivity index (χ1v) is 9.41. The van der Waals surface area contributed by atoms with E-state index in [1.54, 1.807) is 42.5 Å². The van der Waals surface area contributed by atoms with Crippen LogP contribution in [0.1, 0.15) is 56.4 Å². The van der Waals surface area contributed by atoms with Crippen molar-refractivity contribution in [2.24, 2.45) is 0 Å². The second-order valence-corrected chi connectivity index (χ2v) is 6.86. The van der Waals surface area contributed by atoms with Crippen molar-refractivity contribution in [3.05, 3.63) is 70.8 Å². The van der Waals surface area contributed by atoms with Gasteiger partial charge in [-0.2, -0.15) is 0 Å². The number of Topliss-reactive ketones (excluding diaryl/α,β-unsaturated/α-hetero) is 1. The van der Waals surface area contributed by atoms with E-state index < -0.39 is 0 Å². The van der Waals surface area contributed by atoms with E-state index in [9.17, 15) is 14.4 Å². The van der Waals surface area contributed by atoms with Gasteiger partial charge in [0.1, 0.15) is 0 Å². The second kappa shape index (κ2) is 9.28. The van der Waals surface area contributed by atoms with Crippen molar-refractivity contribution >= 4 is 17.6 Å². The average Bonchev–Trinajstić information content (AvgIpc) is 3.24. The van der Waals surface area contributed by atoms with Crippen LogP contribution >= 0.6 is 0 Å². The molecule has 0 spiro atoms. The normalized spacial score (nSPS) is 15.8. The van der Waals surface area contributed by atoms with Crippen LogP contribution in [0.3, 0.4) is 0 Å². The summed E-state index contributed by atoms with van der Waals surface area (Å²) in [5.41, 5.74) is 2.43. The fourth-order valence-electron chi connectivity index (χ4n) is 3.08. The average molecular weight is 380 g/mol. The van der Waals surface area contributed by atoms with Gasteiger partial charge in [-0.15, -0.1) is 0 Å². The van der Waals surface area contributed by atoms with Crippen LogP contribution in [-0.4, -0.2) is 36.9 Å². The molecule has 2 N–H and O–H groups in total. The molecule has 2 aromatic rings. The fraction of sp³-hybridized carbons (Fsp3) is 0.318. The third-order valence-corrected chi connectivity index (χ3v) is 4.71. The molecule has 1 aliphatic rings. The highest BCUT2D eigenvalue weighted by Crippen LogP contribution is 2.11. The van der Waals surface area contributed by atoms with Crippen molar-refractivity contribution in [2.75, 3.05) is 13.2 Å². The lowest BCUT2D eigenvalue weighted by molar-refractivity contribution is 0.0857. The molecule has 0 radical (unpaired) electrons. The zero-order chi connectivity index (χ0) is 19.9. The molecule has 146 valence electrons. The van der Waals surface area contributed by atoms with E-state index in [2.05, 4.69) is 10.6 Å². The minimum Gasteiger partial charge on any atom is -0.376 e. The van der Waals surface area contributed by atoms with Crippen molar-refractivity contribution in [2.45, 2.75) is 32.4 Å². The van der Waals surface area contributed by atoms with Gasteiger partial charge in [-0.3, -0.25) is 14.4 Å². The molecule has 6 heteroatoms. The van der Waals surface area contributed by atoms with Crippen LogP contribution in [0.15, 0.2) is 48.5 Å². The van der Waals surface area contributed by atoms with Crippen molar-refractivity contribution in [1.29, 1.82) is 0 Å². The summed E-state index contributed by atoms with van der Waals surface area (Å²) in [6.07, 6.45) is 2.10. The highest BCUT2D eigenvalue weighted by atomic mass is 16.5. The lowest BCUT2D eigenvalue weighted by Gasteiger charge is -2.11. The van der Waals surface area contributed by atoms with Gasteiger partial charge in [-0.25, -0.2) is 0 Å². The Kier molecular flexibility index (Phi) is 6.55. The number of ketones is 1. The maximum atomic E-state index is 12.3. The minimum atomic E-state index is -0.233. The summed E-state index contributed by atoms with van der Waals surface area (Å²) in [6, 6.07) is 13.7. The number of carbonyl (C=O) groups excluding carboxylic acids is 3. The SMILES string of the molecule is CC(=O)c1ccc(C(=O)NCc2cccc(C(=O)NCC3CCCO3)c2)cc1. The van der Waals surface area contributed by atoms with Crippen LogP contribution in [0.2, 0.25) is 0 Å². The number of hydrogen-bond acceptors (Lipinski definition) is 4. The Bertz CT molecular complexity index is 855. The van der Waals surface area contributed by atoms with E-state index in [1.807, 2.05) is 6.07 Å². The Balaban J connectivity index is 1.54. The number of benzene rings is 2. The van der Waals surface area contributed by atoms with Crippen LogP contribution in [0.5, 0.6) is 0 Å². The molecule has 6 nitrogen and oxygen atoms in total. The molecule has 2 amide bonds. The van der Waals surface area contributed by atoms with Gasteiger partial charge >= 0.3 is 0 Å². The summed E-state index contributed by atoms with van der Waals surface area (Å²) < 4.78 is 5.51. The molecule has 1 unspecified atom stereocenters. The molecule has 1 atom stereocenters. The van der Waals surface area contributed by atoms with Gasteiger partial charge in [-0.1, -0.05) is 24.3 Å². The van der Waals surface area contributed by atoms with Crippen LogP contribution in [-0.2, 0) is 11.3 Å². The largest absolute Gasteiger partial charge is 0.376 e. The monoisotopic (exact) mass is 380 g/mol. The first-order valence-electron chi connectivity index (χ1n) is 9.41. The molecular weight excluding hydrogens is 356 g/mol. The summed E-state index contributed by atoms with van der Waals surface area (Å²) in [7, 11) is 0. The molecule has 1 heterocycles. The lowest BCUT2D eigenvalue weighted by atomic mass is 10.1. The molecule has 0 aliphatic carbocycles. The Hall–Kier alpha value is -2.99. The maximum absolute atomic E-state index is 12.3. The van der Waals surface area contributed by atoms with Gasteiger partial charge in [0.25, 0.3) is 11.8 Å². The highest BCUT2D eigenvalue weighted by Gasteiger charge is 2.16. The van der Waals surface area contributed by atoms with Crippen LogP contribution in [0.25, 0.3) is 0 Å². The number of rotatable bonds is 7. The molecule has 1 fully saturated rings. The van der Waals surface area contributed by atoms with Crippen LogP contribution in [0, 0.1) is 0 Å². The molecule has 0 bridgehead atoms. The molecular formula is C22H24N2O4. The van der Waals surface area contributed by atoms with Gasteiger partial charge in [0, 0.05) is 36.4 Å². The number of carbonyl (C=O) groups is 3. The smallest absolute Gasteiger partial charge is 0.251 e. The number of amides is 2. The van der Waals surface area contributed by atoms with E-state index in [-0.39, 0.29) is 23.7 Å². The first kappa shape index (κ1) is 19.8. The van der Waals surface area contributed by atoms with E-state index >= 15 is 0 Å². The van der Waals surface area contributed by atoms with E-state index in [0.717, 1.165) is 25.0 Å². The number of ether oxygens (including phenoxy) is 1. The third kappa shape index (κ3) is 5.27. The van der Waals surface area contributed by atoms with E-state index in [0.29, 0.717) is 29.8 Å². The molecule has 1 saturated heterocycles. The zero-order valence-electron chi connectivity index (χ0n) is 15.9. The third-order valence-electron chi connectivity index (χ3n) is 4.71. The summed E-state index contributed by atoms with van der Waals surface area (Å²) in [5, 5.41) is 5.73. The summed E-state index contributed by atoms with van der Waals surface area (Å²) >= 11 is 0. The van der Waals surface area contributed by atoms with Crippen LogP contribution in [0.4, 0.5) is 0 Å². The van der Waals surface area contributed by atoms with Crippen molar-refractivity contribution in [1.82, 2.24) is 10.6 Å². The number of nitrogens with one attached hydrogen (secondary N) is 2. The topological polar surface area (TPSA) is 84.5 Å². The molecule has 28 heavy (non-hydrogen) atoms. The number of hydrogen-bond donors (Lipinski definition) is 2. The molecule has 3 rings (SSSR count). The lowest BCUT2D eigenvalue weighted by Crippen LogP contribution is -2.31. The first-order chi connectivity index (χ1) is 13.5. The molecule has 2 aromatic carbocycles. The highest BCUT2D eigenvalue weighted by molar-refractivity contribution is 5.97. The van der Waals surface area contributed by atoms with Gasteiger partial charge in [0.05, 0.1) is 6.10 Å². The molecule has 1 aliphatic heterocycles. The summed E-state index contributed by atoms with van der Waals surface area (Å²) in [4.78, 5) is 35.9. The second-order valence-electron chi connectivity index (χ2n) is 6.86. The fourth-order valence-corrected chi connectivity index (χ4v) is 3.08. The predicted molar refractivity (Wildman–Crippen MR) is 105 cm³/mol. The zero-order valence-corrected chi connectivity index (χ0v) is 15.9. The van der Waals surface area contributed by atoms with Crippen molar-refractivity contribution in [3.63, 3.8) is 0 Å². The van der Waals surface area contributed by atoms with Crippen molar-refractivity contribution in [3.8, 4) is 0 Å². The van der Waals surface area contributed by atoms with Crippen LogP contribution < -0.4 is 10.6 Å². The van der Waals surface area contributed by atoms with E-state index in [1.165, 1.54) is 6.92 Å². The Morgan fingerprint density at radius 1 is 0.964 bits per heavy atom. The van der Waals surface area contributed by atoms with Gasteiger partial charge in [0.15, 0.2) is 5.78 Å². The quantitative estimate of drug-likeness (QED) is 0.724. The maximum Gasteiger partial charge on any atom is 0.251 e. The van der Waals surface area contributed by atoms with Gasteiger partial charge in [-0.05, 0) is 49.6 Å². The molecule has 0 aromatic heterocycles. The predicted octanol–water partition coefficient (Wildman–Crippen LogP) is 2.73. The summed E-state index contributed by atoms with van der Waals surface area (Å²) in [6.45, 7) is 3.06. The minimum absolute atomic E-state index is 0.0402. The molecule has 0 saturated carbocycles.